The van der Waals surface area contributed by atoms with Crippen LogP contribution in [-0.4, -0.2) is 19.7 Å². The standard InChI is InChI=1S/C14H15BrN2O2S/c1-10-7-8-16-14(13(10)15)17-9-11-3-5-12(6-4-11)20(2,18)19/h3-8H,9H2,1-2H3,(H,16,17). The van der Waals surface area contributed by atoms with Crippen molar-refractivity contribution in [1.29, 1.82) is 0 Å². The molecule has 1 aromatic carbocycles. The molecule has 1 aromatic heterocycles. The molecule has 0 saturated carbocycles. The lowest BCUT2D eigenvalue weighted by Gasteiger charge is -2.09. The zero-order chi connectivity index (χ0) is 14.8. The number of aromatic nitrogens is 1. The van der Waals surface area contributed by atoms with Crippen LogP contribution in [0.4, 0.5) is 5.82 Å². The van der Waals surface area contributed by atoms with Crippen LogP contribution in [0.2, 0.25) is 0 Å². The average Bonchev–Trinajstić information content (AvgIpc) is 2.40. The molecule has 20 heavy (non-hydrogen) atoms. The maximum Gasteiger partial charge on any atom is 0.175 e. The molecule has 0 spiro atoms. The van der Waals surface area contributed by atoms with Crippen molar-refractivity contribution < 1.29 is 8.42 Å². The highest BCUT2D eigenvalue weighted by Crippen LogP contribution is 2.23. The van der Waals surface area contributed by atoms with Gasteiger partial charge in [0.1, 0.15) is 5.82 Å². The number of rotatable bonds is 4. The molecule has 0 aliphatic rings. The van der Waals surface area contributed by atoms with Gasteiger partial charge in [0, 0.05) is 19.0 Å². The van der Waals surface area contributed by atoms with Crippen molar-refractivity contribution >= 4 is 31.6 Å². The average molecular weight is 355 g/mol. The number of sulfone groups is 1. The highest BCUT2D eigenvalue weighted by Gasteiger charge is 2.07. The van der Waals surface area contributed by atoms with Gasteiger partial charge < -0.3 is 5.32 Å². The van der Waals surface area contributed by atoms with Gasteiger partial charge in [-0.1, -0.05) is 12.1 Å². The smallest absolute Gasteiger partial charge is 0.175 e. The van der Waals surface area contributed by atoms with Crippen LogP contribution in [-0.2, 0) is 16.4 Å². The Bertz CT molecular complexity index is 712. The second-order valence-electron chi connectivity index (χ2n) is 4.56. The summed E-state index contributed by atoms with van der Waals surface area (Å²) in [7, 11) is -3.14. The summed E-state index contributed by atoms with van der Waals surface area (Å²) in [6, 6.07) is 8.76. The SMILES string of the molecule is Cc1ccnc(NCc2ccc(S(C)(=O)=O)cc2)c1Br. The molecule has 2 aromatic rings. The Hall–Kier alpha value is -1.40. The Balaban J connectivity index is 2.10. The molecule has 0 atom stereocenters. The van der Waals surface area contributed by atoms with E-state index in [0.29, 0.717) is 11.4 Å². The van der Waals surface area contributed by atoms with Crippen molar-refractivity contribution in [2.75, 3.05) is 11.6 Å². The van der Waals surface area contributed by atoms with Crippen molar-refractivity contribution in [3.63, 3.8) is 0 Å². The summed E-state index contributed by atoms with van der Waals surface area (Å²) in [5.74, 6) is 0.775. The number of nitrogens with zero attached hydrogens (tertiary/aromatic N) is 1. The van der Waals surface area contributed by atoms with Crippen molar-refractivity contribution in [1.82, 2.24) is 4.98 Å². The molecule has 0 bridgehead atoms. The van der Waals surface area contributed by atoms with Gasteiger partial charge in [-0.25, -0.2) is 13.4 Å². The van der Waals surface area contributed by atoms with E-state index >= 15 is 0 Å². The summed E-state index contributed by atoms with van der Waals surface area (Å²) < 4.78 is 23.7. The molecule has 0 amide bonds. The highest BCUT2D eigenvalue weighted by molar-refractivity contribution is 9.10. The molecule has 0 saturated heterocycles. The quantitative estimate of drug-likeness (QED) is 0.915. The van der Waals surface area contributed by atoms with E-state index in [2.05, 4.69) is 26.2 Å². The normalized spacial score (nSPS) is 11.3. The van der Waals surface area contributed by atoms with E-state index in [1.54, 1.807) is 30.5 Å². The first-order valence-electron chi connectivity index (χ1n) is 6.02. The van der Waals surface area contributed by atoms with E-state index in [1.807, 2.05) is 13.0 Å². The Morgan fingerprint density at radius 3 is 2.45 bits per heavy atom. The first-order chi connectivity index (χ1) is 9.38. The molecule has 1 heterocycles. The molecule has 106 valence electrons. The predicted molar refractivity (Wildman–Crippen MR) is 83.6 cm³/mol. The summed E-state index contributed by atoms with van der Waals surface area (Å²) in [6.07, 6.45) is 2.95. The fraction of sp³-hybridized carbons (Fsp3) is 0.214. The molecule has 6 heteroatoms. The second-order valence-corrected chi connectivity index (χ2v) is 7.37. The minimum atomic E-state index is -3.14. The van der Waals surface area contributed by atoms with Gasteiger partial charge in [0.15, 0.2) is 9.84 Å². The number of halogens is 1. The third-order valence-electron chi connectivity index (χ3n) is 2.89. The van der Waals surface area contributed by atoms with Crippen LogP contribution in [0.1, 0.15) is 11.1 Å². The Kier molecular flexibility index (Phi) is 4.45. The van der Waals surface area contributed by atoms with Crippen LogP contribution in [0.3, 0.4) is 0 Å². The van der Waals surface area contributed by atoms with Gasteiger partial charge in [0.25, 0.3) is 0 Å². The Morgan fingerprint density at radius 1 is 1.20 bits per heavy atom. The van der Waals surface area contributed by atoms with E-state index in [-0.39, 0.29) is 0 Å². The minimum Gasteiger partial charge on any atom is -0.365 e. The van der Waals surface area contributed by atoms with E-state index in [0.717, 1.165) is 21.4 Å². The van der Waals surface area contributed by atoms with E-state index in [1.165, 1.54) is 6.26 Å². The molecule has 1 N–H and O–H groups in total. The van der Waals surface area contributed by atoms with Gasteiger partial charge in [0.2, 0.25) is 0 Å². The lowest BCUT2D eigenvalue weighted by molar-refractivity contribution is 0.602. The summed E-state index contributed by atoms with van der Waals surface area (Å²) >= 11 is 3.49. The molecular weight excluding hydrogens is 340 g/mol. The summed E-state index contributed by atoms with van der Waals surface area (Å²) in [5.41, 5.74) is 2.10. The predicted octanol–water partition coefficient (Wildman–Crippen LogP) is 3.17. The Morgan fingerprint density at radius 2 is 1.85 bits per heavy atom. The van der Waals surface area contributed by atoms with E-state index in [9.17, 15) is 8.42 Å². The van der Waals surface area contributed by atoms with E-state index in [4.69, 9.17) is 0 Å². The Labute approximate surface area is 127 Å². The van der Waals surface area contributed by atoms with Crippen LogP contribution < -0.4 is 5.32 Å². The van der Waals surface area contributed by atoms with Crippen LogP contribution >= 0.6 is 15.9 Å². The van der Waals surface area contributed by atoms with Crippen LogP contribution in [0.15, 0.2) is 45.9 Å². The second kappa shape index (κ2) is 5.93. The largest absolute Gasteiger partial charge is 0.365 e. The lowest BCUT2D eigenvalue weighted by atomic mass is 10.2. The van der Waals surface area contributed by atoms with Crippen molar-refractivity contribution in [3.05, 3.63) is 52.1 Å². The van der Waals surface area contributed by atoms with Gasteiger partial charge in [-0.3, -0.25) is 0 Å². The number of anilines is 1. The zero-order valence-electron chi connectivity index (χ0n) is 11.2. The summed E-state index contributed by atoms with van der Waals surface area (Å²) in [5, 5.41) is 3.22. The lowest BCUT2D eigenvalue weighted by Crippen LogP contribution is -2.03. The maximum atomic E-state index is 11.4. The van der Waals surface area contributed by atoms with Gasteiger partial charge in [-0.05, 0) is 52.2 Å². The molecule has 0 aliphatic carbocycles. The fourth-order valence-electron chi connectivity index (χ4n) is 1.70. The summed E-state index contributed by atoms with van der Waals surface area (Å²) in [6.45, 7) is 2.58. The monoisotopic (exact) mass is 354 g/mol. The maximum absolute atomic E-state index is 11.4. The third-order valence-corrected chi connectivity index (χ3v) is 5.02. The van der Waals surface area contributed by atoms with Gasteiger partial charge in [-0.15, -0.1) is 0 Å². The topological polar surface area (TPSA) is 59.1 Å². The van der Waals surface area contributed by atoms with Gasteiger partial charge in [0.05, 0.1) is 9.37 Å². The molecular formula is C14H15BrN2O2S. The number of hydrogen-bond donors (Lipinski definition) is 1. The first kappa shape index (κ1) is 15.0. The van der Waals surface area contributed by atoms with Crippen molar-refractivity contribution in [2.24, 2.45) is 0 Å². The summed E-state index contributed by atoms with van der Waals surface area (Å²) in [4.78, 5) is 4.59. The fourth-order valence-corrected chi connectivity index (χ4v) is 2.71. The van der Waals surface area contributed by atoms with Crippen molar-refractivity contribution in [2.45, 2.75) is 18.4 Å². The zero-order valence-corrected chi connectivity index (χ0v) is 13.6. The molecule has 0 unspecified atom stereocenters. The van der Waals surface area contributed by atoms with Crippen molar-refractivity contribution in [3.8, 4) is 0 Å². The highest BCUT2D eigenvalue weighted by atomic mass is 79.9. The van der Waals surface area contributed by atoms with Gasteiger partial charge >= 0.3 is 0 Å². The molecule has 0 radical (unpaired) electrons. The number of aryl methyl sites for hydroxylation is 1. The van der Waals surface area contributed by atoms with Crippen LogP contribution in [0.25, 0.3) is 0 Å². The number of nitrogens with one attached hydrogen (secondary N) is 1. The van der Waals surface area contributed by atoms with Crippen LogP contribution in [0, 0.1) is 6.92 Å². The van der Waals surface area contributed by atoms with Crippen LogP contribution in [0.5, 0.6) is 0 Å². The third kappa shape index (κ3) is 3.58. The molecule has 0 fully saturated rings. The molecule has 2 rings (SSSR count). The molecule has 4 nitrogen and oxygen atoms in total. The first-order valence-corrected chi connectivity index (χ1v) is 8.70. The minimum absolute atomic E-state index is 0.330. The van der Waals surface area contributed by atoms with Gasteiger partial charge in [-0.2, -0.15) is 0 Å². The molecule has 0 aliphatic heterocycles. The number of benzene rings is 1. The van der Waals surface area contributed by atoms with E-state index < -0.39 is 9.84 Å². The number of pyridine rings is 1. The number of hydrogen-bond acceptors (Lipinski definition) is 4.